The molecule has 2 amide bonds. The van der Waals surface area contributed by atoms with E-state index in [9.17, 15) is 14.4 Å². The number of hydrogen-bond donors (Lipinski definition) is 1. The molecule has 6 heteroatoms. The van der Waals surface area contributed by atoms with Gasteiger partial charge in [0.1, 0.15) is 6.04 Å². The highest BCUT2D eigenvalue weighted by molar-refractivity contribution is 6.00. The summed E-state index contributed by atoms with van der Waals surface area (Å²) < 4.78 is 5.20. The highest BCUT2D eigenvalue weighted by Crippen LogP contribution is 2.17. The third-order valence-corrected chi connectivity index (χ3v) is 4.29. The van der Waals surface area contributed by atoms with Crippen molar-refractivity contribution in [3.63, 3.8) is 0 Å². The molecule has 1 N–H and O–H groups in total. The van der Waals surface area contributed by atoms with E-state index in [0.29, 0.717) is 31.2 Å². The maximum atomic E-state index is 12.9. The summed E-state index contributed by atoms with van der Waals surface area (Å²) in [6.07, 6.45) is 0.649. The summed E-state index contributed by atoms with van der Waals surface area (Å²) in [5.41, 5.74) is 1.40. The predicted molar refractivity (Wildman–Crippen MR) is 94.0 cm³/mol. The van der Waals surface area contributed by atoms with E-state index in [4.69, 9.17) is 4.74 Å². The Morgan fingerprint density at radius 1 is 1.32 bits per heavy atom. The monoisotopic (exact) mass is 346 g/mol. The van der Waals surface area contributed by atoms with Crippen LogP contribution in [0.25, 0.3) is 0 Å². The normalized spacial score (nSPS) is 17.4. The van der Waals surface area contributed by atoms with E-state index in [1.54, 1.807) is 12.1 Å². The molecular weight excluding hydrogens is 320 g/mol. The van der Waals surface area contributed by atoms with Gasteiger partial charge in [-0.2, -0.15) is 0 Å². The summed E-state index contributed by atoms with van der Waals surface area (Å²) in [7, 11) is 0. The number of amides is 2. The zero-order valence-corrected chi connectivity index (χ0v) is 15.1. The molecule has 0 aliphatic carbocycles. The fourth-order valence-electron chi connectivity index (χ4n) is 2.75. The van der Waals surface area contributed by atoms with Crippen molar-refractivity contribution in [1.29, 1.82) is 0 Å². The Balaban J connectivity index is 2.07. The lowest BCUT2D eigenvalue weighted by Crippen LogP contribution is -2.58. The number of carbonyl (C=O) groups is 3. The molecule has 1 fully saturated rings. The molecule has 0 bridgehead atoms. The van der Waals surface area contributed by atoms with Gasteiger partial charge in [-0.1, -0.05) is 32.0 Å². The number of nitrogens with zero attached hydrogens (tertiary/aromatic N) is 1. The van der Waals surface area contributed by atoms with Crippen molar-refractivity contribution >= 4 is 17.8 Å². The number of hydrogen-bond acceptors (Lipinski definition) is 4. The predicted octanol–water partition coefficient (Wildman–Crippen LogP) is 1.92. The molecule has 1 aliphatic heterocycles. The van der Waals surface area contributed by atoms with Crippen molar-refractivity contribution in [3.05, 3.63) is 35.4 Å². The van der Waals surface area contributed by atoms with Crippen LogP contribution in [0.15, 0.2) is 24.3 Å². The Hall–Kier alpha value is -2.37. The van der Waals surface area contributed by atoms with Crippen LogP contribution in [0.3, 0.4) is 0 Å². The van der Waals surface area contributed by atoms with E-state index in [0.717, 1.165) is 12.0 Å². The molecule has 1 heterocycles. The maximum Gasteiger partial charge on any atom is 0.308 e. The van der Waals surface area contributed by atoms with Crippen LogP contribution in [0.2, 0.25) is 0 Å². The number of nitrogens with one attached hydrogen (secondary N) is 1. The average Bonchev–Trinajstić information content (AvgIpc) is 2.56. The van der Waals surface area contributed by atoms with Gasteiger partial charge in [0, 0.05) is 18.7 Å². The van der Waals surface area contributed by atoms with Crippen molar-refractivity contribution in [2.24, 2.45) is 5.92 Å². The molecule has 1 aromatic carbocycles. The van der Waals surface area contributed by atoms with Crippen LogP contribution in [0.4, 0.5) is 0 Å². The lowest BCUT2D eigenvalue weighted by molar-refractivity contribution is -0.148. The first kappa shape index (κ1) is 19.0. The van der Waals surface area contributed by atoms with Crippen molar-refractivity contribution in [2.75, 3.05) is 19.7 Å². The summed E-state index contributed by atoms with van der Waals surface area (Å²) in [6.45, 7) is 7.04. The fraction of sp³-hybridized carbons (Fsp3) is 0.526. The van der Waals surface area contributed by atoms with E-state index in [2.05, 4.69) is 5.32 Å². The van der Waals surface area contributed by atoms with E-state index >= 15 is 0 Å². The lowest BCUT2D eigenvalue weighted by atomic mass is 10.0. The first-order valence-electron chi connectivity index (χ1n) is 8.70. The Morgan fingerprint density at radius 3 is 2.72 bits per heavy atom. The van der Waals surface area contributed by atoms with Crippen LogP contribution in [0, 0.1) is 12.8 Å². The largest absolute Gasteiger partial charge is 0.466 e. The second-order valence-corrected chi connectivity index (χ2v) is 6.73. The number of aryl methyl sites for hydroxylation is 1. The number of carbonyl (C=O) groups excluding carboxylic acids is 3. The van der Waals surface area contributed by atoms with Crippen molar-refractivity contribution in [2.45, 2.75) is 39.7 Å². The van der Waals surface area contributed by atoms with Gasteiger partial charge in [0.05, 0.1) is 13.0 Å². The van der Waals surface area contributed by atoms with Gasteiger partial charge >= 0.3 is 5.97 Å². The molecular formula is C19H26N2O4. The van der Waals surface area contributed by atoms with Crippen molar-refractivity contribution < 1.29 is 19.1 Å². The number of esters is 1. The molecule has 1 atom stereocenters. The number of ether oxygens (including phenoxy) is 1. The van der Waals surface area contributed by atoms with E-state index in [1.807, 2.05) is 32.9 Å². The molecule has 1 aromatic rings. The van der Waals surface area contributed by atoms with Crippen LogP contribution in [0.5, 0.6) is 0 Å². The molecule has 25 heavy (non-hydrogen) atoms. The van der Waals surface area contributed by atoms with E-state index in [-0.39, 0.29) is 18.2 Å². The van der Waals surface area contributed by atoms with Crippen LogP contribution in [0.1, 0.15) is 42.6 Å². The Labute approximate surface area is 148 Å². The molecule has 1 unspecified atom stereocenters. The second kappa shape index (κ2) is 8.65. The molecule has 0 saturated carbocycles. The second-order valence-electron chi connectivity index (χ2n) is 6.73. The number of benzene rings is 1. The average molecular weight is 346 g/mol. The van der Waals surface area contributed by atoms with Crippen LogP contribution in [-0.2, 0) is 14.3 Å². The molecule has 136 valence electrons. The summed E-state index contributed by atoms with van der Waals surface area (Å²) in [4.78, 5) is 38.6. The van der Waals surface area contributed by atoms with Crippen molar-refractivity contribution in [1.82, 2.24) is 10.2 Å². The minimum Gasteiger partial charge on any atom is -0.466 e. The standard InChI is InChI=1S/C19H26N2O4/c1-13(2)8-11-25-17(22)12-16-18(23)20-9-10-21(16)19(24)15-7-5-4-6-14(15)3/h4-7,13,16H,8-12H2,1-3H3,(H,20,23). The molecule has 6 nitrogen and oxygen atoms in total. The first-order valence-corrected chi connectivity index (χ1v) is 8.70. The van der Waals surface area contributed by atoms with Gasteiger partial charge in [-0.15, -0.1) is 0 Å². The maximum absolute atomic E-state index is 12.9. The van der Waals surface area contributed by atoms with Crippen LogP contribution >= 0.6 is 0 Å². The lowest BCUT2D eigenvalue weighted by Gasteiger charge is -2.34. The van der Waals surface area contributed by atoms with E-state index < -0.39 is 12.0 Å². The number of piperazine rings is 1. The number of rotatable bonds is 6. The highest BCUT2D eigenvalue weighted by Gasteiger charge is 2.35. The van der Waals surface area contributed by atoms with Gasteiger partial charge in [-0.25, -0.2) is 0 Å². The Kier molecular flexibility index (Phi) is 6.56. The van der Waals surface area contributed by atoms with Gasteiger partial charge in [0.25, 0.3) is 5.91 Å². The first-order chi connectivity index (χ1) is 11.9. The van der Waals surface area contributed by atoms with Gasteiger partial charge in [-0.05, 0) is 30.9 Å². The Bertz CT molecular complexity index is 642. The topological polar surface area (TPSA) is 75.7 Å². The molecule has 0 aromatic heterocycles. The molecule has 1 saturated heterocycles. The fourth-order valence-corrected chi connectivity index (χ4v) is 2.75. The van der Waals surface area contributed by atoms with Gasteiger partial charge < -0.3 is 15.0 Å². The molecule has 0 radical (unpaired) electrons. The zero-order chi connectivity index (χ0) is 18.4. The van der Waals surface area contributed by atoms with Crippen LogP contribution < -0.4 is 5.32 Å². The minimum absolute atomic E-state index is 0.123. The quantitative estimate of drug-likeness (QED) is 0.799. The van der Waals surface area contributed by atoms with Crippen molar-refractivity contribution in [3.8, 4) is 0 Å². The smallest absolute Gasteiger partial charge is 0.308 e. The highest BCUT2D eigenvalue weighted by atomic mass is 16.5. The third kappa shape index (κ3) is 5.05. The molecule has 0 spiro atoms. The SMILES string of the molecule is Cc1ccccc1C(=O)N1CCNC(=O)C1CC(=O)OCCC(C)C. The van der Waals surface area contributed by atoms with E-state index in [1.165, 1.54) is 4.90 Å². The Morgan fingerprint density at radius 2 is 2.04 bits per heavy atom. The van der Waals surface area contributed by atoms with Crippen LogP contribution in [-0.4, -0.2) is 48.4 Å². The zero-order valence-electron chi connectivity index (χ0n) is 15.1. The summed E-state index contributed by atoms with van der Waals surface area (Å²) >= 11 is 0. The molecule has 2 rings (SSSR count). The molecule has 1 aliphatic rings. The minimum atomic E-state index is -0.826. The van der Waals surface area contributed by atoms with Gasteiger partial charge in [0.15, 0.2) is 0 Å². The summed E-state index contributed by atoms with van der Waals surface area (Å²) in [6, 6.07) is 6.42. The summed E-state index contributed by atoms with van der Waals surface area (Å²) in [5.74, 6) is -0.558. The summed E-state index contributed by atoms with van der Waals surface area (Å²) in [5, 5.41) is 2.72. The van der Waals surface area contributed by atoms with Gasteiger partial charge in [0.2, 0.25) is 5.91 Å². The third-order valence-electron chi connectivity index (χ3n) is 4.29. The van der Waals surface area contributed by atoms with Gasteiger partial charge in [-0.3, -0.25) is 14.4 Å².